The molecule has 2 amide bonds. The van der Waals surface area contributed by atoms with Crippen LogP contribution in [0.5, 0.6) is 0 Å². The van der Waals surface area contributed by atoms with Gasteiger partial charge in [-0.05, 0) is 36.6 Å². The Hall–Kier alpha value is -1.63. The molecule has 3 aliphatic rings. The van der Waals surface area contributed by atoms with E-state index in [4.69, 9.17) is 4.74 Å². The summed E-state index contributed by atoms with van der Waals surface area (Å²) in [5, 5.41) is 8.78. The fourth-order valence-corrected chi connectivity index (χ4v) is 4.25. The molecule has 2 saturated heterocycles. The lowest BCUT2D eigenvalue weighted by atomic mass is 9.97. The van der Waals surface area contributed by atoms with Crippen molar-refractivity contribution < 1.29 is 19.1 Å². The summed E-state index contributed by atoms with van der Waals surface area (Å²) in [6.07, 6.45) is 0.968. The van der Waals surface area contributed by atoms with Crippen molar-refractivity contribution in [1.29, 1.82) is 0 Å². The zero-order chi connectivity index (χ0) is 16.8. The Balaban J connectivity index is 1.63. The van der Waals surface area contributed by atoms with Gasteiger partial charge in [-0.2, -0.15) is 0 Å². The molecule has 1 saturated carbocycles. The standard InChI is InChI=1S/C16H25N3O4/c1-16(2)9-7-18-12(11(9)16)14(21)19-10(15(22)23-3)6-8-4-5-17-13(8)20/h8-12,18H,4-7H2,1-3H3,(H,17,20)(H,19,21)/t8?,9-,10?,11+,12-/m0/s1. The molecule has 0 radical (unpaired) electrons. The first-order valence-electron chi connectivity index (χ1n) is 8.25. The lowest BCUT2D eigenvalue weighted by Gasteiger charge is -2.23. The van der Waals surface area contributed by atoms with Crippen molar-refractivity contribution in [2.24, 2.45) is 23.2 Å². The summed E-state index contributed by atoms with van der Waals surface area (Å²) in [5.74, 6) is -0.137. The fraction of sp³-hybridized carbons (Fsp3) is 0.812. The highest BCUT2D eigenvalue weighted by atomic mass is 16.5. The highest BCUT2D eigenvalue weighted by Crippen LogP contribution is 2.62. The average molecular weight is 323 g/mol. The highest BCUT2D eigenvalue weighted by molar-refractivity contribution is 5.89. The number of hydrogen-bond acceptors (Lipinski definition) is 5. The Morgan fingerprint density at radius 2 is 2.17 bits per heavy atom. The molecule has 1 aliphatic carbocycles. The maximum atomic E-state index is 12.6. The topological polar surface area (TPSA) is 96.5 Å². The first kappa shape index (κ1) is 16.2. The number of fused-ring (bicyclic) bond motifs is 1. The summed E-state index contributed by atoms with van der Waals surface area (Å²) in [6, 6.07) is -1.04. The number of amides is 2. The number of piperidine rings is 1. The van der Waals surface area contributed by atoms with Crippen molar-refractivity contribution >= 4 is 17.8 Å². The van der Waals surface area contributed by atoms with Gasteiger partial charge in [-0.3, -0.25) is 9.59 Å². The van der Waals surface area contributed by atoms with Crippen LogP contribution >= 0.6 is 0 Å². The number of esters is 1. The molecule has 5 atom stereocenters. The molecule has 2 heterocycles. The molecular formula is C16H25N3O4. The van der Waals surface area contributed by atoms with Gasteiger partial charge in [0, 0.05) is 12.5 Å². The molecule has 2 aliphatic heterocycles. The smallest absolute Gasteiger partial charge is 0.328 e. The molecule has 2 unspecified atom stereocenters. The van der Waals surface area contributed by atoms with Crippen LogP contribution in [-0.4, -0.2) is 50.1 Å². The quantitative estimate of drug-likeness (QED) is 0.588. The van der Waals surface area contributed by atoms with Gasteiger partial charge in [0.15, 0.2) is 0 Å². The minimum absolute atomic E-state index is 0.0597. The third-order valence-corrected chi connectivity index (χ3v) is 5.82. The van der Waals surface area contributed by atoms with E-state index < -0.39 is 12.0 Å². The zero-order valence-corrected chi connectivity index (χ0v) is 13.8. The molecule has 3 N–H and O–H groups in total. The Labute approximate surface area is 135 Å². The van der Waals surface area contributed by atoms with Crippen LogP contribution in [0.15, 0.2) is 0 Å². The molecule has 0 spiro atoms. The Morgan fingerprint density at radius 3 is 2.70 bits per heavy atom. The second-order valence-corrected chi connectivity index (χ2v) is 7.44. The first-order valence-corrected chi connectivity index (χ1v) is 8.25. The Kier molecular flexibility index (Phi) is 4.08. The summed E-state index contributed by atoms with van der Waals surface area (Å²) >= 11 is 0. The minimum atomic E-state index is -0.774. The number of ether oxygens (including phenoxy) is 1. The predicted molar refractivity (Wildman–Crippen MR) is 82.2 cm³/mol. The molecular weight excluding hydrogens is 298 g/mol. The van der Waals surface area contributed by atoms with E-state index in [1.807, 2.05) is 0 Å². The summed E-state index contributed by atoms with van der Waals surface area (Å²) in [7, 11) is 1.30. The fourth-order valence-electron chi connectivity index (χ4n) is 4.25. The van der Waals surface area contributed by atoms with Gasteiger partial charge in [0.05, 0.1) is 13.2 Å². The van der Waals surface area contributed by atoms with Gasteiger partial charge in [0.25, 0.3) is 0 Å². The van der Waals surface area contributed by atoms with E-state index in [0.29, 0.717) is 24.8 Å². The molecule has 7 heteroatoms. The van der Waals surface area contributed by atoms with E-state index in [-0.39, 0.29) is 35.6 Å². The van der Waals surface area contributed by atoms with E-state index in [2.05, 4.69) is 29.8 Å². The van der Waals surface area contributed by atoms with Crippen LogP contribution in [0.3, 0.4) is 0 Å². The summed E-state index contributed by atoms with van der Waals surface area (Å²) in [4.78, 5) is 36.3. The minimum Gasteiger partial charge on any atom is -0.467 e. The van der Waals surface area contributed by atoms with Gasteiger partial charge in [-0.15, -0.1) is 0 Å². The van der Waals surface area contributed by atoms with Gasteiger partial charge in [-0.1, -0.05) is 13.8 Å². The van der Waals surface area contributed by atoms with Crippen LogP contribution < -0.4 is 16.0 Å². The average Bonchev–Trinajstić information content (AvgIpc) is 2.94. The molecule has 0 aromatic rings. The van der Waals surface area contributed by atoms with Crippen LogP contribution in [0.2, 0.25) is 0 Å². The van der Waals surface area contributed by atoms with Gasteiger partial charge in [0.2, 0.25) is 11.8 Å². The maximum Gasteiger partial charge on any atom is 0.328 e. The molecule has 3 rings (SSSR count). The van der Waals surface area contributed by atoms with Crippen molar-refractivity contribution in [3.05, 3.63) is 0 Å². The molecule has 128 valence electrons. The van der Waals surface area contributed by atoms with Crippen LogP contribution in [0.4, 0.5) is 0 Å². The largest absolute Gasteiger partial charge is 0.467 e. The van der Waals surface area contributed by atoms with Gasteiger partial charge in [-0.25, -0.2) is 4.79 Å². The predicted octanol–water partition coefficient (Wildman–Crippen LogP) is -0.586. The third-order valence-electron chi connectivity index (χ3n) is 5.82. The number of carbonyl (C=O) groups excluding carboxylic acids is 3. The zero-order valence-electron chi connectivity index (χ0n) is 13.8. The van der Waals surface area contributed by atoms with Crippen molar-refractivity contribution in [2.45, 2.75) is 38.8 Å². The number of nitrogens with one attached hydrogen (secondary N) is 3. The summed E-state index contributed by atoms with van der Waals surface area (Å²) < 4.78 is 4.79. The number of rotatable bonds is 5. The van der Waals surface area contributed by atoms with Crippen molar-refractivity contribution in [3.8, 4) is 0 Å². The lowest BCUT2D eigenvalue weighted by Crippen LogP contribution is -2.51. The molecule has 0 aromatic heterocycles. The van der Waals surface area contributed by atoms with Crippen molar-refractivity contribution in [1.82, 2.24) is 16.0 Å². The van der Waals surface area contributed by atoms with E-state index in [1.165, 1.54) is 7.11 Å². The van der Waals surface area contributed by atoms with E-state index in [0.717, 1.165) is 6.54 Å². The van der Waals surface area contributed by atoms with Crippen LogP contribution in [0, 0.1) is 23.2 Å². The van der Waals surface area contributed by atoms with E-state index in [1.54, 1.807) is 0 Å². The highest BCUT2D eigenvalue weighted by Gasteiger charge is 2.65. The van der Waals surface area contributed by atoms with Gasteiger partial charge in [0.1, 0.15) is 6.04 Å². The van der Waals surface area contributed by atoms with Gasteiger partial charge < -0.3 is 20.7 Å². The molecule has 0 bridgehead atoms. The summed E-state index contributed by atoms with van der Waals surface area (Å²) in [5.41, 5.74) is 0.180. The number of carbonyl (C=O) groups is 3. The number of hydrogen-bond donors (Lipinski definition) is 3. The van der Waals surface area contributed by atoms with E-state index >= 15 is 0 Å². The van der Waals surface area contributed by atoms with Crippen molar-refractivity contribution in [3.63, 3.8) is 0 Å². The molecule has 23 heavy (non-hydrogen) atoms. The number of methoxy groups -OCH3 is 1. The Morgan fingerprint density at radius 1 is 1.43 bits per heavy atom. The van der Waals surface area contributed by atoms with E-state index in [9.17, 15) is 14.4 Å². The lowest BCUT2D eigenvalue weighted by molar-refractivity contribution is -0.146. The molecule has 7 nitrogen and oxygen atoms in total. The maximum absolute atomic E-state index is 12.6. The SMILES string of the molecule is COC(=O)C(CC1CCNC1=O)NC(=O)[C@H]1NC[C@H]2[C@H]1C2(C)C. The first-order chi connectivity index (χ1) is 10.9. The second-order valence-electron chi connectivity index (χ2n) is 7.44. The van der Waals surface area contributed by atoms with Crippen LogP contribution in [-0.2, 0) is 19.1 Å². The molecule has 3 fully saturated rings. The second kappa shape index (κ2) is 5.78. The summed E-state index contributed by atoms with van der Waals surface area (Å²) in [6.45, 7) is 5.80. The van der Waals surface area contributed by atoms with Gasteiger partial charge >= 0.3 is 5.97 Å². The third kappa shape index (κ3) is 2.82. The Bertz CT molecular complexity index is 533. The van der Waals surface area contributed by atoms with Crippen LogP contribution in [0.1, 0.15) is 26.7 Å². The van der Waals surface area contributed by atoms with Crippen molar-refractivity contribution in [2.75, 3.05) is 20.2 Å². The normalized spacial score (nSPS) is 35.2. The van der Waals surface area contributed by atoms with Crippen LogP contribution in [0.25, 0.3) is 0 Å². The monoisotopic (exact) mass is 323 g/mol. The molecule has 0 aromatic carbocycles.